The Morgan fingerprint density at radius 3 is 1.89 bits per heavy atom. The molecule has 4 aromatic rings. The number of ether oxygens (including phenoxy) is 7. The molecule has 3 heterocycles. The molecule has 2 aliphatic rings. The van der Waals surface area contributed by atoms with Crippen LogP contribution in [0.1, 0.15) is 12.0 Å². The Balaban J connectivity index is 1.33. The number of methoxy groups -OCH3 is 1. The largest absolute Gasteiger partial charge is 0.508 e. The van der Waals surface area contributed by atoms with E-state index < -0.39 is 116 Å². The third kappa shape index (κ3) is 10.2. The fraction of sp³-hybridized carbons (Fsp3) is 0.350. The fourth-order valence-corrected chi connectivity index (χ4v) is 6.30. The SMILES string of the molecule is COc1cc(-c2[o+]c3cc(O)cc(O[C@@H]4OC(COC(=O)CC(=O)O)[C@@H](O)[C@H](O)C4O)c3cc2O[C@@H]2OC(COC(=O)/C=C/c3ccc(O)cc3)[C@@H](O)C(O)C2O)cc(O)c1O. The molecular weight excluding hydrogens is 832 g/mol. The number of aliphatic carboxylic acids is 1. The summed E-state index contributed by atoms with van der Waals surface area (Å²) >= 11 is 0. The van der Waals surface area contributed by atoms with Gasteiger partial charge in [-0.3, -0.25) is 9.59 Å². The molecule has 0 radical (unpaired) electrons. The van der Waals surface area contributed by atoms with Gasteiger partial charge in [0.2, 0.25) is 24.1 Å². The van der Waals surface area contributed by atoms with Gasteiger partial charge in [-0.15, -0.1) is 0 Å². The van der Waals surface area contributed by atoms with E-state index in [2.05, 4.69) is 0 Å². The number of rotatable bonds is 14. The molecule has 0 spiro atoms. The van der Waals surface area contributed by atoms with E-state index >= 15 is 0 Å². The summed E-state index contributed by atoms with van der Waals surface area (Å²) in [6.45, 7) is -1.44. The minimum Gasteiger partial charge on any atom is -0.508 e. The number of hydrogen-bond acceptors (Lipinski definition) is 20. The van der Waals surface area contributed by atoms with Crippen LogP contribution in [0.3, 0.4) is 0 Å². The van der Waals surface area contributed by atoms with Gasteiger partial charge in [-0.1, -0.05) is 12.1 Å². The van der Waals surface area contributed by atoms with Gasteiger partial charge < -0.3 is 89.3 Å². The zero-order valence-electron chi connectivity index (χ0n) is 32.2. The highest BCUT2D eigenvalue weighted by Crippen LogP contribution is 2.46. The number of phenolic OH excluding ortho intramolecular Hbond substituents is 4. The van der Waals surface area contributed by atoms with E-state index in [1.54, 1.807) is 0 Å². The number of carboxylic acid groups (broad SMARTS) is 1. The van der Waals surface area contributed by atoms with E-state index in [9.17, 15) is 65.4 Å². The zero-order valence-corrected chi connectivity index (χ0v) is 32.2. The van der Waals surface area contributed by atoms with Crippen LogP contribution in [-0.2, 0) is 33.3 Å². The lowest BCUT2D eigenvalue weighted by atomic mass is 9.99. The molecule has 62 heavy (non-hydrogen) atoms. The second-order valence-corrected chi connectivity index (χ2v) is 13.9. The van der Waals surface area contributed by atoms with Gasteiger partial charge in [0.05, 0.1) is 18.7 Å². The number of phenols is 4. The summed E-state index contributed by atoms with van der Waals surface area (Å²) < 4.78 is 44.6. The van der Waals surface area contributed by atoms with Crippen LogP contribution in [0.4, 0.5) is 0 Å². The molecule has 10 atom stereocenters. The molecule has 22 nitrogen and oxygen atoms in total. The van der Waals surface area contributed by atoms with Gasteiger partial charge in [0.15, 0.2) is 11.5 Å². The number of carbonyl (C=O) groups excluding carboxylic acids is 2. The summed E-state index contributed by atoms with van der Waals surface area (Å²) in [6.07, 6.45) is -17.0. The van der Waals surface area contributed by atoms with Crippen molar-refractivity contribution in [2.24, 2.45) is 0 Å². The summed E-state index contributed by atoms with van der Waals surface area (Å²) in [4.78, 5) is 35.2. The van der Waals surface area contributed by atoms with E-state index in [1.807, 2.05) is 0 Å². The highest BCUT2D eigenvalue weighted by Gasteiger charge is 2.48. The van der Waals surface area contributed by atoms with Crippen LogP contribution in [-0.4, -0.2) is 156 Å². The van der Waals surface area contributed by atoms with Gasteiger partial charge in [0.25, 0.3) is 0 Å². The van der Waals surface area contributed by atoms with Crippen LogP contribution in [0, 0.1) is 0 Å². The highest BCUT2D eigenvalue weighted by molar-refractivity contribution is 5.90. The summed E-state index contributed by atoms with van der Waals surface area (Å²) in [5, 5.41) is 114. The molecule has 6 rings (SSSR count). The number of esters is 2. The first-order valence-electron chi connectivity index (χ1n) is 18.4. The monoisotopic (exact) mass is 873 g/mol. The van der Waals surface area contributed by atoms with E-state index in [0.717, 1.165) is 24.3 Å². The Hall–Kier alpha value is -6.50. The van der Waals surface area contributed by atoms with Gasteiger partial charge in [-0.25, -0.2) is 9.21 Å². The predicted molar refractivity (Wildman–Crippen MR) is 204 cm³/mol. The summed E-state index contributed by atoms with van der Waals surface area (Å²) in [5.41, 5.74) is 0.283. The summed E-state index contributed by atoms with van der Waals surface area (Å²) in [6, 6.07) is 11.4. The Labute approximate surface area is 348 Å². The van der Waals surface area contributed by atoms with Crippen molar-refractivity contribution in [2.75, 3.05) is 20.3 Å². The standard InChI is InChI=1S/C40H40O22/c1-55-24-9-17(8-21(43)31(24)48)38-25(60-40-37(54)35(52)32(49)26(62-40)14-56-29(46)7-4-16-2-5-18(41)6-3-16)12-20-22(58-38)10-19(42)11-23(20)59-39-36(53)34(51)33(50)27(61-39)15-57-30(47)13-28(44)45/h2-12,26-27,32-37,39-40,49-54H,13-15H2,1H3,(H4-,41,42,43,44,45,46,48)/p+1/t26?,27?,32-,33-,34+,35?,36?,37?,39-,40-/m1/s1. The third-order valence-electron chi connectivity index (χ3n) is 9.56. The van der Waals surface area contributed by atoms with E-state index in [-0.39, 0.29) is 45.3 Å². The lowest BCUT2D eigenvalue weighted by Gasteiger charge is -2.40. The van der Waals surface area contributed by atoms with Crippen molar-refractivity contribution in [2.45, 2.75) is 67.8 Å². The number of fused-ring (bicyclic) bond motifs is 1. The van der Waals surface area contributed by atoms with Gasteiger partial charge >= 0.3 is 29.3 Å². The number of aromatic hydroxyl groups is 4. The van der Waals surface area contributed by atoms with Crippen LogP contribution in [0.25, 0.3) is 28.4 Å². The van der Waals surface area contributed by atoms with Crippen LogP contribution >= 0.6 is 0 Å². The molecule has 3 aromatic carbocycles. The molecule has 11 N–H and O–H groups in total. The number of aliphatic hydroxyl groups excluding tert-OH is 6. The van der Waals surface area contributed by atoms with E-state index in [0.29, 0.717) is 5.56 Å². The first-order chi connectivity index (χ1) is 29.4. The van der Waals surface area contributed by atoms with Crippen LogP contribution in [0.5, 0.6) is 40.2 Å². The molecule has 0 amide bonds. The predicted octanol–water partition coefficient (Wildman–Crippen LogP) is -0.141. The number of carbonyl (C=O) groups is 3. The van der Waals surface area contributed by atoms with Crippen LogP contribution < -0.4 is 14.2 Å². The van der Waals surface area contributed by atoms with Crippen molar-refractivity contribution in [3.63, 3.8) is 0 Å². The maximum absolute atomic E-state index is 12.5. The van der Waals surface area contributed by atoms with E-state index in [1.165, 1.54) is 49.6 Å². The summed E-state index contributed by atoms with van der Waals surface area (Å²) in [7, 11) is 1.19. The van der Waals surface area contributed by atoms with Gasteiger partial charge in [-0.2, -0.15) is 0 Å². The Morgan fingerprint density at radius 1 is 0.694 bits per heavy atom. The van der Waals surface area contributed by atoms with Gasteiger partial charge in [-0.05, 0) is 23.8 Å². The second kappa shape index (κ2) is 19.0. The van der Waals surface area contributed by atoms with Gasteiger partial charge in [0, 0.05) is 30.3 Å². The maximum atomic E-state index is 12.5. The van der Waals surface area contributed by atoms with Crippen LogP contribution in [0.15, 0.2) is 65.1 Å². The van der Waals surface area contributed by atoms with Crippen molar-refractivity contribution in [1.29, 1.82) is 0 Å². The zero-order chi connectivity index (χ0) is 45.0. The van der Waals surface area contributed by atoms with Gasteiger partial charge in [0.1, 0.15) is 91.1 Å². The fourth-order valence-electron chi connectivity index (χ4n) is 6.30. The van der Waals surface area contributed by atoms with Crippen LogP contribution in [0.2, 0.25) is 0 Å². The van der Waals surface area contributed by atoms with E-state index in [4.69, 9.17) is 42.7 Å². The lowest BCUT2D eigenvalue weighted by Crippen LogP contribution is -2.60. The average molecular weight is 874 g/mol. The quantitative estimate of drug-likeness (QED) is 0.0258. The third-order valence-corrected chi connectivity index (χ3v) is 9.56. The molecule has 0 bridgehead atoms. The number of benzene rings is 3. The molecule has 1 aromatic heterocycles. The van der Waals surface area contributed by atoms with Crippen molar-refractivity contribution in [3.8, 4) is 51.6 Å². The smallest absolute Gasteiger partial charge is 0.402 e. The van der Waals surface area contributed by atoms with Crippen molar-refractivity contribution < 1.29 is 108 Å². The number of aliphatic hydroxyl groups is 6. The topological polar surface area (TPSA) is 350 Å². The first kappa shape index (κ1) is 45.0. The molecule has 0 saturated carbocycles. The molecule has 2 fully saturated rings. The normalized spacial score (nSPS) is 26.2. The molecule has 2 aliphatic heterocycles. The Morgan fingerprint density at radius 2 is 1.29 bits per heavy atom. The second-order valence-electron chi connectivity index (χ2n) is 13.9. The minimum absolute atomic E-state index is 0.00843. The molecule has 332 valence electrons. The number of hydrogen-bond donors (Lipinski definition) is 11. The Kier molecular flexibility index (Phi) is 13.8. The highest BCUT2D eigenvalue weighted by atomic mass is 16.7. The molecule has 2 saturated heterocycles. The van der Waals surface area contributed by atoms with Crippen molar-refractivity contribution in [1.82, 2.24) is 0 Å². The summed E-state index contributed by atoms with van der Waals surface area (Å²) in [5.74, 6) is -6.73. The molecule has 5 unspecified atom stereocenters. The number of carboxylic acids is 1. The first-order valence-corrected chi connectivity index (χ1v) is 18.4. The lowest BCUT2D eigenvalue weighted by molar-refractivity contribution is -0.278. The maximum Gasteiger partial charge on any atom is 0.402 e. The molecule has 22 heteroatoms. The molecule has 0 aliphatic carbocycles. The minimum atomic E-state index is -1.99. The average Bonchev–Trinajstić information content (AvgIpc) is 3.23. The van der Waals surface area contributed by atoms with Crippen molar-refractivity contribution >= 4 is 35.0 Å². The molecular formula is C40H41O22+. The van der Waals surface area contributed by atoms with Crippen molar-refractivity contribution in [3.05, 3.63) is 66.2 Å². The Bertz CT molecular complexity index is 2300.